The average molecular weight is 463 g/mol. The molecule has 0 fully saturated rings. The Kier molecular flexibility index (Phi) is 7.25. The number of carbonyl (C=O) groups excluding carboxylic acids is 2. The fraction of sp³-hybridized carbons (Fsp3) is 0.429. The van der Waals surface area contributed by atoms with Gasteiger partial charge in [-0.05, 0) is 66.6 Å². The zero-order chi connectivity index (χ0) is 24.2. The van der Waals surface area contributed by atoms with Gasteiger partial charge in [0.2, 0.25) is 0 Å². The number of allylic oxidation sites excluding steroid dienone is 2. The molecule has 1 amide bonds. The van der Waals surface area contributed by atoms with Gasteiger partial charge in [-0.15, -0.1) is 0 Å². The average Bonchev–Trinajstić information content (AvgIpc) is 3.33. The van der Waals surface area contributed by atoms with Crippen LogP contribution in [0.25, 0.3) is 0 Å². The lowest BCUT2D eigenvalue weighted by atomic mass is 9.76. The highest BCUT2D eigenvalue weighted by atomic mass is 16.6. The molecule has 0 bridgehead atoms. The predicted octanol–water partition coefficient (Wildman–Crippen LogP) is 5.71. The number of rotatable bonds is 8. The van der Waals surface area contributed by atoms with Crippen molar-refractivity contribution in [3.63, 3.8) is 0 Å². The Bertz CT molecular complexity index is 1090. The molecule has 1 aliphatic carbocycles. The highest BCUT2D eigenvalue weighted by Crippen LogP contribution is 2.50. The van der Waals surface area contributed by atoms with Gasteiger partial charge < -0.3 is 19.7 Å². The van der Waals surface area contributed by atoms with Gasteiger partial charge in [-0.1, -0.05) is 32.1 Å². The van der Waals surface area contributed by atoms with Crippen LogP contribution < -0.4 is 14.8 Å². The summed E-state index contributed by atoms with van der Waals surface area (Å²) in [7, 11) is 1.58. The number of methoxy groups -OCH3 is 1. The number of fused-ring (bicyclic) bond motifs is 3. The minimum Gasteiger partial charge on any atom is -0.493 e. The molecule has 3 unspecified atom stereocenters. The summed E-state index contributed by atoms with van der Waals surface area (Å²) in [4.78, 5) is 26.6. The Morgan fingerprint density at radius 3 is 2.50 bits per heavy atom. The van der Waals surface area contributed by atoms with Gasteiger partial charge in [0, 0.05) is 37.2 Å². The van der Waals surface area contributed by atoms with Crippen LogP contribution in [0.3, 0.4) is 0 Å². The largest absolute Gasteiger partial charge is 0.493 e. The van der Waals surface area contributed by atoms with Gasteiger partial charge in [0.1, 0.15) is 0 Å². The van der Waals surface area contributed by atoms with Crippen molar-refractivity contribution in [1.29, 1.82) is 0 Å². The smallest absolute Gasteiger partial charge is 0.308 e. The van der Waals surface area contributed by atoms with E-state index in [1.807, 2.05) is 29.2 Å². The zero-order valence-electron chi connectivity index (χ0n) is 20.5. The highest BCUT2D eigenvalue weighted by molar-refractivity contribution is 5.95. The maximum absolute atomic E-state index is 13.2. The third kappa shape index (κ3) is 4.67. The summed E-state index contributed by atoms with van der Waals surface area (Å²) in [5.74, 6) is 1.25. The monoisotopic (exact) mass is 462 g/mol. The van der Waals surface area contributed by atoms with E-state index >= 15 is 0 Å². The third-order valence-electron chi connectivity index (χ3n) is 6.68. The van der Waals surface area contributed by atoms with Crippen molar-refractivity contribution in [2.24, 2.45) is 5.92 Å². The number of hydrogen-bond donors (Lipinski definition) is 1. The van der Waals surface area contributed by atoms with Gasteiger partial charge in [0.25, 0.3) is 5.91 Å². The van der Waals surface area contributed by atoms with Gasteiger partial charge in [0.05, 0.1) is 13.2 Å². The van der Waals surface area contributed by atoms with E-state index in [-0.39, 0.29) is 23.8 Å². The van der Waals surface area contributed by atoms with E-state index in [2.05, 4.69) is 37.4 Å². The van der Waals surface area contributed by atoms with Crippen molar-refractivity contribution in [2.45, 2.75) is 52.0 Å². The van der Waals surface area contributed by atoms with E-state index in [0.717, 1.165) is 49.2 Å². The first-order chi connectivity index (χ1) is 16.5. The molecule has 0 aromatic heterocycles. The van der Waals surface area contributed by atoms with E-state index in [4.69, 9.17) is 9.47 Å². The Hall–Kier alpha value is -3.28. The van der Waals surface area contributed by atoms with Crippen LogP contribution in [0.4, 0.5) is 5.69 Å². The molecule has 6 heteroatoms. The highest BCUT2D eigenvalue weighted by Gasteiger charge is 2.38. The van der Waals surface area contributed by atoms with E-state index in [1.54, 1.807) is 13.2 Å². The third-order valence-corrected chi connectivity index (χ3v) is 6.68. The van der Waals surface area contributed by atoms with Crippen LogP contribution in [0, 0.1) is 5.92 Å². The summed E-state index contributed by atoms with van der Waals surface area (Å²) in [6.45, 7) is 7.15. The molecule has 34 heavy (non-hydrogen) atoms. The Labute approximate surface area is 201 Å². The second-order valence-corrected chi connectivity index (χ2v) is 9.07. The van der Waals surface area contributed by atoms with Crippen LogP contribution in [0.2, 0.25) is 0 Å². The number of nitrogens with zero attached hydrogens (tertiary/aromatic N) is 1. The number of benzene rings is 2. The lowest BCUT2D eigenvalue weighted by Gasteiger charge is -2.38. The van der Waals surface area contributed by atoms with E-state index in [0.29, 0.717) is 17.4 Å². The normalized spacial score (nSPS) is 20.2. The molecule has 0 spiro atoms. The van der Waals surface area contributed by atoms with Crippen LogP contribution in [0.1, 0.15) is 73.5 Å². The molecule has 0 radical (unpaired) electrons. The van der Waals surface area contributed by atoms with Gasteiger partial charge in [-0.3, -0.25) is 9.59 Å². The van der Waals surface area contributed by atoms with Crippen LogP contribution in [-0.2, 0) is 4.79 Å². The molecule has 0 saturated heterocycles. The van der Waals surface area contributed by atoms with Crippen LogP contribution in [-0.4, -0.2) is 37.0 Å². The van der Waals surface area contributed by atoms with Crippen molar-refractivity contribution in [3.8, 4) is 11.5 Å². The van der Waals surface area contributed by atoms with E-state index < -0.39 is 0 Å². The summed E-state index contributed by atoms with van der Waals surface area (Å²) < 4.78 is 10.8. The maximum Gasteiger partial charge on any atom is 0.308 e. The van der Waals surface area contributed by atoms with Crippen LogP contribution >= 0.6 is 0 Å². The van der Waals surface area contributed by atoms with E-state index in [9.17, 15) is 9.59 Å². The number of anilines is 1. The van der Waals surface area contributed by atoms with Crippen molar-refractivity contribution < 1.29 is 19.1 Å². The zero-order valence-corrected chi connectivity index (χ0v) is 20.5. The SMILES string of the molecule is CCCN(CCC)C(=O)c1ccc2c(c1)C1C=CCC1C(c1ccc(OC(C)=O)c(OC)c1)N2. The number of amides is 1. The summed E-state index contributed by atoms with van der Waals surface area (Å²) in [5.41, 5.74) is 4.06. The Balaban J connectivity index is 1.65. The first-order valence-electron chi connectivity index (χ1n) is 12.2. The van der Waals surface area contributed by atoms with Gasteiger partial charge >= 0.3 is 5.97 Å². The summed E-state index contributed by atoms with van der Waals surface area (Å²) >= 11 is 0. The summed E-state index contributed by atoms with van der Waals surface area (Å²) in [6, 6.07) is 11.9. The lowest BCUT2D eigenvalue weighted by Crippen LogP contribution is -2.33. The molecule has 0 saturated carbocycles. The number of ether oxygens (including phenoxy) is 2. The first kappa shape index (κ1) is 23.9. The molecule has 2 aliphatic rings. The minimum atomic E-state index is -0.377. The maximum atomic E-state index is 13.2. The molecule has 1 heterocycles. The first-order valence-corrected chi connectivity index (χ1v) is 12.2. The standard InChI is InChI=1S/C28H34N2O4/c1-5-14-30(15-6-2)28(32)20-10-12-24-23(16-20)21-8-7-9-22(21)27(29-24)19-11-13-25(34-18(3)31)26(17-19)33-4/h7-8,10-13,16-17,21-22,27,29H,5-6,9,14-15H2,1-4H3. The van der Waals surface area contributed by atoms with Crippen LogP contribution in [0.15, 0.2) is 48.6 Å². The molecule has 1 aliphatic heterocycles. The topological polar surface area (TPSA) is 67.9 Å². The molecule has 3 atom stereocenters. The molecule has 2 aromatic carbocycles. The van der Waals surface area contributed by atoms with Crippen molar-refractivity contribution >= 4 is 17.6 Å². The fourth-order valence-electron chi connectivity index (χ4n) is 5.21. The number of carbonyl (C=O) groups is 2. The number of nitrogens with one attached hydrogen (secondary N) is 1. The second kappa shape index (κ2) is 10.3. The lowest BCUT2D eigenvalue weighted by molar-refractivity contribution is -0.132. The van der Waals surface area contributed by atoms with Crippen molar-refractivity contribution in [2.75, 3.05) is 25.5 Å². The molecule has 2 aromatic rings. The van der Waals surface area contributed by atoms with Gasteiger partial charge in [-0.25, -0.2) is 0 Å². The molecule has 4 rings (SSSR count). The molecule has 6 nitrogen and oxygen atoms in total. The minimum absolute atomic E-state index is 0.0750. The van der Waals surface area contributed by atoms with E-state index in [1.165, 1.54) is 12.5 Å². The molecule has 1 N–H and O–H groups in total. The summed E-state index contributed by atoms with van der Waals surface area (Å²) in [5, 5.41) is 3.71. The second-order valence-electron chi connectivity index (χ2n) is 9.07. The summed E-state index contributed by atoms with van der Waals surface area (Å²) in [6.07, 6.45) is 7.36. The molecular weight excluding hydrogens is 428 g/mol. The quantitative estimate of drug-likeness (QED) is 0.309. The fourth-order valence-corrected chi connectivity index (χ4v) is 5.21. The van der Waals surface area contributed by atoms with Gasteiger partial charge in [-0.2, -0.15) is 0 Å². The van der Waals surface area contributed by atoms with Crippen molar-refractivity contribution in [1.82, 2.24) is 4.90 Å². The Morgan fingerprint density at radius 1 is 1.06 bits per heavy atom. The molecular formula is C28H34N2O4. The number of hydrogen-bond acceptors (Lipinski definition) is 5. The molecule has 180 valence electrons. The Morgan fingerprint density at radius 2 is 1.82 bits per heavy atom. The van der Waals surface area contributed by atoms with Crippen molar-refractivity contribution in [3.05, 3.63) is 65.2 Å². The number of esters is 1. The van der Waals surface area contributed by atoms with Gasteiger partial charge in [0.15, 0.2) is 11.5 Å². The predicted molar refractivity (Wildman–Crippen MR) is 134 cm³/mol. The van der Waals surface area contributed by atoms with Crippen LogP contribution in [0.5, 0.6) is 11.5 Å².